The average Bonchev–Trinajstić information content (AvgIpc) is 2.93. The van der Waals surface area contributed by atoms with Gasteiger partial charge in [0.15, 0.2) is 0 Å². The van der Waals surface area contributed by atoms with Crippen molar-refractivity contribution in [2.75, 3.05) is 31.8 Å². The molecule has 38 heavy (non-hydrogen) atoms. The van der Waals surface area contributed by atoms with Crippen molar-refractivity contribution in [2.45, 2.75) is 4.90 Å². The van der Waals surface area contributed by atoms with Crippen LogP contribution in [0.1, 0.15) is 0 Å². The van der Waals surface area contributed by atoms with Crippen molar-refractivity contribution >= 4 is 84.3 Å². The number of hydrogen-bond donors (Lipinski definition) is 1. The van der Waals surface area contributed by atoms with Crippen molar-refractivity contribution < 1.29 is 9.47 Å². The van der Waals surface area contributed by atoms with Crippen LogP contribution >= 0.6 is 35.0 Å². The molecular weight excluding hydrogens is 537 g/mol. The van der Waals surface area contributed by atoms with Crippen molar-refractivity contribution in [1.82, 2.24) is 9.97 Å². The Kier molecular flexibility index (Phi) is 6.78. The maximum absolute atomic E-state index is 6.29. The molecule has 0 spiro atoms. The summed E-state index contributed by atoms with van der Waals surface area (Å²) in [5.74, 6) is 2.40. The minimum atomic E-state index is 0.659. The molecule has 0 saturated heterocycles. The largest absolute Gasteiger partial charge is 0.497 e. The zero-order valence-corrected chi connectivity index (χ0v) is 23.0. The van der Waals surface area contributed by atoms with Crippen LogP contribution in [-0.2, 0) is 0 Å². The monoisotopic (exact) mass is 559 g/mol. The van der Waals surface area contributed by atoms with E-state index < -0.39 is 0 Å². The van der Waals surface area contributed by atoms with Gasteiger partial charge in [0, 0.05) is 48.8 Å². The highest BCUT2D eigenvalue weighted by molar-refractivity contribution is 7.99. The van der Waals surface area contributed by atoms with E-state index in [-0.39, 0.29) is 0 Å². The summed E-state index contributed by atoms with van der Waals surface area (Å²) in [4.78, 5) is 10.8. The van der Waals surface area contributed by atoms with E-state index in [1.54, 1.807) is 26.0 Å². The van der Waals surface area contributed by atoms with Crippen LogP contribution in [0.15, 0.2) is 77.7 Å². The molecule has 1 N–H and O–H groups in total. The quantitative estimate of drug-likeness (QED) is 0.120. The van der Waals surface area contributed by atoms with Gasteiger partial charge in [0.2, 0.25) is 0 Å². The molecule has 6 rings (SSSR count). The summed E-state index contributed by atoms with van der Waals surface area (Å²) in [5, 5.41) is 9.15. The van der Waals surface area contributed by atoms with E-state index in [1.165, 1.54) is 0 Å². The van der Waals surface area contributed by atoms with Gasteiger partial charge in [0.25, 0.3) is 0 Å². The Bertz CT molecular complexity index is 1710. The van der Waals surface area contributed by atoms with E-state index in [0.717, 1.165) is 78.0 Å². The van der Waals surface area contributed by atoms with Crippen LogP contribution in [0.2, 0.25) is 10.0 Å². The number of fused-ring (bicyclic) bond motifs is 4. The summed E-state index contributed by atoms with van der Waals surface area (Å²) in [6.45, 7) is 0.724. The lowest BCUT2D eigenvalue weighted by Crippen LogP contribution is -2.06. The number of benzene rings is 4. The normalized spacial score (nSPS) is 11.5. The van der Waals surface area contributed by atoms with Gasteiger partial charge in [-0.05, 0) is 66.7 Å². The topological polar surface area (TPSA) is 56.3 Å². The van der Waals surface area contributed by atoms with Crippen LogP contribution in [0.25, 0.3) is 43.6 Å². The molecule has 4 aromatic carbocycles. The summed E-state index contributed by atoms with van der Waals surface area (Å²) in [6.07, 6.45) is 0. The number of rotatable bonds is 7. The zero-order chi connectivity index (χ0) is 26.2. The van der Waals surface area contributed by atoms with Gasteiger partial charge >= 0.3 is 0 Å². The summed E-state index contributed by atoms with van der Waals surface area (Å²) in [5.41, 5.74) is 4.53. The predicted molar refractivity (Wildman–Crippen MR) is 161 cm³/mol. The molecule has 2 aromatic heterocycles. The SMILES string of the molecule is COc1ccc2nc3cc(Cl)ccc3c(NCCSc3c4ccc(Cl)cc4nc4ccc(OC)cc34)c2c1. The Morgan fingerprint density at radius 3 is 1.89 bits per heavy atom. The Hall–Kier alpha value is -3.45. The van der Waals surface area contributed by atoms with Gasteiger partial charge < -0.3 is 14.8 Å². The first-order valence-electron chi connectivity index (χ1n) is 12.0. The van der Waals surface area contributed by atoms with Gasteiger partial charge in [0.1, 0.15) is 11.5 Å². The predicted octanol–water partition coefficient (Wildman–Crippen LogP) is 8.62. The van der Waals surface area contributed by atoms with Gasteiger partial charge in [-0.1, -0.05) is 29.3 Å². The van der Waals surface area contributed by atoms with Crippen LogP contribution in [0.4, 0.5) is 5.69 Å². The number of methoxy groups -OCH3 is 2. The zero-order valence-electron chi connectivity index (χ0n) is 20.7. The maximum atomic E-state index is 6.29. The number of aromatic nitrogens is 2. The minimum Gasteiger partial charge on any atom is -0.497 e. The Morgan fingerprint density at radius 2 is 1.24 bits per heavy atom. The second-order valence-corrected chi connectivity index (χ2v) is 10.8. The van der Waals surface area contributed by atoms with Gasteiger partial charge in [-0.2, -0.15) is 0 Å². The molecule has 0 bridgehead atoms. The fourth-order valence-electron chi connectivity index (χ4n) is 4.68. The van der Waals surface area contributed by atoms with E-state index in [1.807, 2.05) is 72.8 Å². The summed E-state index contributed by atoms with van der Waals surface area (Å²) in [6, 6.07) is 23.6. The number of halogens is 2. The number of nitrogens with zero attached hydrogens (tertiary/aromatic N) is 2. The highest BCUT2D eigenvalue weighted by Crippen LogP contribution is 2.38. The van der Waals surface area contributed by atoms with Gasteiger partial charge in [0.05, 0.1) is 42.0 Å². The first kappa shape index (κ1) is 24.9. The van der Waals surface area contributed by atoms with Crippen LogP contribution in [0, 0.1) is 0 Å². The molecular formula is C30H23Cl2N3O2S. The third kappa shape index (κ3) is 4.64. The van der Waals surface area contributed by atoms with Crippen molar-refractivity contribution in [3.05, 3.63) is 82.8 Å². The Morgan fingerprint density at radius 1 is 0.658 bits per heavy atom. The smallest absolute Gasteiger partial charge is 0.119 e. The second kappa shape index (κ2) is 10.4. The number of anilines is 1. The molecule has 5 nitrogen and oxygen atoms in total. The first-order chi connectivity index (χ1) is 18.5. The number of nitrogens with one attached hydrogen (secondary N) is 1. The van der Waals surface area contributed by atoms with E-state index in [2.05, 4.69) is 5.32 Å². The highest BCUT2D eigenvalue weighted by atomic mass is 35.5. The van der Waals surface area contributed by atoms with Crippen LogP contribution in [0.5, 0.6) is 11.5 Å². The number of thioether (sulfide) groups is 1. The lowest BCUT2D eigenvalue weighted by molar-refractivity contribution is 0.415. The molecule has 190 valence electrons. The number of pyridine rings is 2. The molecule has 0 atom stereocenters. The molecule has 2 heterocycles. The molecule has 6 aromatic rings. The lowest BCUT2D eigenvalue weighted by atomic mass is 10.1. The molecule has 0 aliphatic heterocycles. The maximum Gasteiger partial charge on any atom is 0.119 e. The fourth-order valence-corrected chi connectivity index (χ4v) is 6.07. The van der Waals surface area contributed by atoms with Crippen molar-refractivity contribution in [1.29, 1.82) is 0 Å². The molecule has 0 radical (unpaired) electrons. The third-order valence-corrected chi connectivity index (χ3v) is 8.09. The van der Waals surface area contributed by atoms with Gasteiger partial charge in [-0.3, -0.25) is 0 Å². The van der Waals surface area contributed by atoms with Crippen LogP contribution in [-0.4, -0.2) is 36.5 Å². The van der Waals surface area contributed by atoms with Crippen molar-refractivity contribution in [2.24, 2.45) is 0 Å². The second-order valence-electron chi connectivity index (χ2n) is 8.79. The van der Waals surface area contributed by atoms with Crippen LogP contribution < -0.4 is 14.8 Å². The van der Waals surface area contributed by atoms with E-state index in [4.69, 9.17) is 42.6 Å². The standard InChI is InChI=1S/C30H23Cl2N3O2S/c1-36-19-5-9-25-23(15-19)29(21-7-3-17(31)13-27(21)34-25)33-11-12-38-30-22-8-4-18(32)14-28(22)35-26-10-6-20(37-2)16-24(26)30/h3-10,13-16H,11-12H2,1-2H3,(H,33,34). The van der Waals surface area contributed by atoms with Gasteiger partial charge in [-0.25, -0.2) is 9.97 Å². The fraction of sp³-hybridized carbons (Fsp3) is 0.133. The highest BCUT2D eigenvalue weighted by Gasteiger charge is 2.14. The van der Waals surface area contributed by atoms with E-state index in [0.29, 0.717) is 10.0 Å². The molecule has 0 saturated carbocycles. The molecule has 0 aliphatic carbocycles. The first-order valence-corrected chi connectivity index (χ1v) is 13.8. The summed E-state index contributed by atoms with van der Waals surface area (Å²) in [7, 11) is 3.35. The molecule has 0 aliphatic rings. The summed E-state index contributed by atoms with van der Waals surface area (Å²) >= 11 is 14.4. The number of hydrogen-bond acceptors (Lipinski definition) is 6. The minimum absolute atomic E-state index is 0.659. The Labute approximate surface area is 234 Å². The van der Waals surface area contributed by atoms with Crippen molar-refractivity contribution in [3.8, 4) is 11.5 Å². The molecule has 0 amide bonds. The molecule has 0 fully saturated rings. The molecule has 8 heteroatoms. The Balaban J connectivity index is 1.36. The van der Waals surface area contributed by atoms with Crippen molar-refractivity contribution in [3.63, 3.8) is 0 Å². The lowest BCUT2D eigenvalue weighted by Gasteiger charge is -2.15. The van der Waals surface area contributed by atoms with Crippen LogP contribution in [0.3, 0.4) is 0 Å². The van der Waals surface area contributed by atoms with E-state index in [9.17, 15) is 0 Å². The summed E-state index contributed by atoms with van der Waals surface area (Å²) < 4.78 is 11.0. The average molecular weight is 561 g/mol. The third-order valence-electron chi connectivity index (χ3n) is 6.49. The van der Waals surface area contributed by atoms with E-state index >= 15 is 0 Å². The molecule has 0 unspecified atom stereocenters. The van der Waals surface area contributed by atoms with Gasteiger partial charge in [-0.15, -0.1) is 11.8 Å². The number of ether oxygens (including phenoxy) is 2.